The van der Waals surface area contributed by atoms with Crippen molar-refractivity contribution >= 4 is 15.9 Å². The van der Waals surface area contributed by atoms with Crippen LogP contribution in [0, 0.1) is 0 Å². The van der Waals surface area contributed by atoms with Crippen LogP contribution in [0.15, 0.2) is 10.7 Å². The van der Waals surface area contributed by atoms with Gasteiger partial charge in [0.1, 0.15) is 5.60 Å². The SMILES string of the molecule is CCn1ncc(Br)c1C(C)(O)CCCC(F)(F)F. The minimum Gasteiger partial charge on any atom is -0.384 e. The van der Waals surface area contributed by atoms with Crippen molar-refractivity contribution < 1.29 is 18.3 Å². The summed E-state index contributed by atoms with van der Waals surface area (Å²) < 4.78 is 38.5. The molecule has 18 heavy (non-hydrogen) atoms. The van der Waals surface area contributed by atoms with Gasteiger partial charge in [-0.3, -0.25) is 4.68 Å². The van der Waals surface area contributed by atoms with Crippen molar-refractivity contribution in [2.24, 2.45) is 0 Å². The summed E-state index contributed by atoms with van der Waals surface area (Å²) in [6.07, 6.45) is -3.61. The first-order valence-electron chi connectivity index (χ1n) is 5.68. The summed E-state index contributed by atoms with van der Waals surface area (Å²) >= 11 is 3.26. The Morgan fingerprint density at radius 2 is 2.00 bits per heavy atom. The number of alkyl halides is 3. The van der Waals surface area contributed by atoms with Crippen LogP contribution in [-0.4, -0.2) is 21.1 Å². The van der Waals surface area contributed by atoms with Crippen molar-refractivity contribution in [1.82, 2.24) is 9.78 Å². The van der Waals surface area contributed by atoms with Gasteiger partial charge in [-0.25, -0.2) is 0 Å². The molecule has 1 atom stereocenters. The molecule has 0 spiro atoms. The molecular weight excluding hydrogens is 313 g/mol. The van der Waals surface area contributed by atoms with E-state index in [0.29, 0.717) is 16.7 Å². The van der Waals surface area contributed by atoms with E-state index in [-0.39, 0.29) is 12.8 Å². The maximum absolute atomic E-state index is 12.1. The first kappa shape index (κ1) is 15.5. The Kier molecular flexibility index (Phi) is 4.83. The standard InChI is InChI=1S/C11H16BrF3N2O/c1-3-17-9(8(12)7-16-17)10(2,18)5-4-6-11(13,14)15/h7,18H,3-6H2,1-2H3. The monoisotopic (exact) mass is 328 g/mol. The normalized spacial score (nSPS) is 15.7. The van der Waals surface area contributed by atoms with Crippen molar-refractivity contribution in [3.05, 3.63) is 16.4 Å². The summed E-state index contributed by atoms with van der Waals surface area (Å²) in [6, 6.07) is 0. The van der Waals surface area contributed by atoms with Gasteiger partial charge in [-0.05, 0) is 42.6 Å². The number of hydrogen-bond acceptors (Lipinski definition) is 2. The van der Waals surface area contributed by atoms with Crippen LogP contribution in [-0.2, 0) is 12.1 Å². The van der Waals surface area contributed by atoms with Crippen LogP contribution in [0.2, 0.25) is 0 Å². The van der Waals surface area contributed by atoms with Crippen molar-refractivity contribution in [3.63, 3.8) is 0 Å². The molecule has 1 aromatic rings. The lowest BCUT2D eigenvalue weighted by atomic mass is 9.95. The predicted molar refractivity (Wildman–Crippen MR) is 65.1 cm³/mol. The molecule has 0 saturated carbocycles. The van der Waals surface area contributed by atoms with Crippen molar-refractivity contribution in [1.29, 1.82) is 0 Å². The number of hydrogen-bond donors (Lipinski definition) is 1. The van der Waals surface area contributed by atoms with Crippen LogP contribution in [0.25, 0.3) is 0 Å². The molecule has 1 heterocycles. The van der Waals surface area contributed by atoms with Crippen LogP contribution >= 0.6 is 15.9 Å². The fourth-order valence-electron chi connectivity index (χ4n) is 1.89. The first-order chi connectivity index (χ1) is 8.17. The van der Waals surface area contributed by atoms with Crippen LogP contribution < -0.4 is 0 Å². The molecule has 0 aliphatic heterocycles. The zero-order valence-corrected chi connectivity index (χ0v) is 11.8. The van der Waals surface area contributed by atoms with Gasteiger partial charge < -0.3 is 5.11 Å². The zero-order valence-electron chi connectivity index (χ0n) is 10.3. The molecule has 1 unspecified atom stereocenters. The van der Waals surface area contributed by atoms with Crippen LogP contribution in [0.4, 0.5) is 13.2 Å². The number of aliphatic hydroxyl groups is 1. The lowest BCUT2D eigenvalue weighted by Crippen LogP contribution is -2.26. The maximum Gasteiger partial charge on any atom is 0.389 e. The van der Waals surface area contributed by atoms with Crippen LogP contribution in [0.1, 0.15) is 38.8 Å². The van der Waals surface area contributed by atoms with E-state index in [2.05, 4.69) is 21.0 Å². The third kappa shape index (κ3) is 3.98. The van der Waals surface area contributed by atoms with E-state index in [1.54, 1.807) is 4.68 Å². The first-order valence-corrected chi connectivity index (χ1v) is 6.47. The van der Waals surface area contributed by atoms with Gasteiger partial charge in [-0.15, -0.1) is 0 Å². The van der Waals surface area contributed by atoms with Crippen LogP contribution in [0.5, 0.6) is 0 Å². The molecule has 1 N–H and O–H groups in total. The highest BCUT2D eigenvalue weighted by Crippen LogP contribution is 2.34. The molecular formula is C11H16BrF3N2O. The van der Waals surface area contributed by atoms with E-state index in [1.165, 1.54) is 13.1 Å². The third-order valence-corrected chi connectivity index (χ3v) is 3.31. The highest BCUT2D eigenvalue weighted by atomic mass is 79.9. The summed E-state index contributed by atoms with van der Waals surface area (Å²) in [4.78, 5) is 0. The highest BCUT2D eigenvalue weighted by Gasteiger charge is 2.32. The molecule has 0 amide bonds. The fraction of sp³-hybridized carbons (Fsp3) is 0.727. The second kappa shape index (κ2) is 5.61. The van der Waals surface area contributed by atoms with Gasteiger partial charge >= 0.3 is 6.18 Å². The molecule has 104 valence electrons. The Balaban J connectivity index is 2.76. The molecule has 3 nitrogen and oxygen atoms in total. The topological polar surface area (TPSA) is 38.0 Å². The van der Waals surface area contributed by atoms with Crippen molar-refractivity contribution in [2.75, 3.05) is 0 Å². The summed E-state index contributed by atoms with van der Waals surface area (Å²) in [5, 5.41) is 14.4. The molecule has 1 aromatic heterocycles. The minimum atomic E-state index is -4.18. The van der Waals surface area contributed by atoms with Crippen LogP contribution in [0.3, 0.4) is 0 Å². The molecule has 0 radical (unpaired) electrons. The Hall–Kier alpha value is -0.560. The number of halogens is 4. The molecule has 0 fully saturated rings. The molecule has 0 aliphatic carbocycles. The van der Waals surface area contributed by atoms with Gasteiger partial charge in [0, 0.05) is 13.0 Å². The summed E-state index contributed by atoms with van der Waals surface area (Å²) in [6.45, 7) is 3.92. The minimum absolute atomic E-state index is 0.0385. The Bertz CT molecular complexity index is 401. The van der Waals surface area contributed by atoms with Gasteiger partial charge in [-0.1, -0.05) is 0 Å². The van der Waals surface area contributed by atoms with E-state index in [1.807, 2.05) is 6.92 Å². The predicted octanol–water partition coefficient (Wildman–Crippen LogP) is 3.61. The molecule has 0 aliphatic rings. The molecule has 1 rings (SSSR count). The Morgan fingerprint density at radius 3 is 2.50 bits per heavy atom. The number of aryl methyl sites for hydroxylation is 1. The molecule has 7 heteroatoms. The second-order valence-corrected chi connectivity index (χ2v) is 5.25. The number of aromatic nitrogens is 2. The molecule has 0 bridgehead atoms. The number of nitrogens with zero attached hydrogens (tertiary/aromatic N) is 2. The average Bonchev–Trinajstić information content (AvgIpc) is 2.57. The fourth-order valence-corrected chi connectivity index (χ4v) is 2.61. The summed E-state index contributed by atoms with van der Waals surface area (Å²) in [5.41, 5.74) is -0.802. The van der Waals surface area contributed by atoms with Crippen molar-refractivity contribution in [2.45, 2.75) is 51.4 Å². The highest BCUT2D eigenvalue weighted by molar-refractivity contribution is 9.10. The number of rotatable bonds is 5. The van der Waals surface area contributed by atoms with Gasteiger partial charge in [0.2, 0.25) is 0 Å². The van der Waals surface area contributed by atoms with Gasteiger partial charge in [0.15, 0.2) is 0 Å². The maximum atomic E-state index is 12.1. The van der Waals surface area contributed by atoms with E-state index in [4.69, 9.17) is 0 Å². The lowest BCUT2D eigenvalue weighted by molar-refractivity contribution is -0.138. The van der Waals surface area contributed by atoms with E-state index >= 15 is 0 Å². The summed E-state index contributed by atoms with van der Waals surface area (Å²) in [7, 11) is 0. The van der Waals surface area contributed by atoms with E-state index in [9.17, 15) is 18.3 Å². The largest absolute Gasteiger partial charge is 0.389 e. The molecule has 0 saturated heterocycles. The van der Waals surface area contributed by atoms with Crippen molar-refractivity contribution in [3.8, 4) is 0 Å². The second-order valence-electron chi connectivity index (χ2n) is 4.40. The third-order valence-electron chi connectivity index (χ3n) is 2.73. The lowest BCUT2D eigenvalue weighted by Gasteiger charge is -2.25. The zero-order chi connectivity index (χ0) is 14.0. The van der Waals surface area contributed by atoms with E-state index < -0.39 is 18.2 Å². The van der Waals surface area contributed by atoms with Gasteiger partial charge in [0.25, 0.3) is 0 Å². The summed E-state index contributed by atoms with van der Waals surface area (Å²) in [5.74, 6) is 0. The average molecular weight is 329 g/mol. The smallest absolute Gasteiger partial charge is 0.384 e. The molecule has 0 aromatic carbocycles. The quantitative estimate of drug-likeness (QED) is 0.896. The van der Waals surface area contributed by atoms with E-state index in [0.717, 1.165) is 0 Å². The Morgan fingerprint density at radius 1 is 1.39 bits per heavy atom. The van der Waals surface area contributed by atoms with Gasteiger partial charge in [0.05, 0.1) is 16.4 Å². The van der Waals surface area contributed by atoms with Gasteiger partial charge in [-0.2, -0.15) is 18.3 Å². The Labute approximate surface area is 112 Å².